The molecule has 1 amide bonds. The molecule has 0 bridgehead atoms. The number of ether oxygens (including phenoxy) is 2. The Morgan fingerprint density at radius 1 is 1.43 bits per heavy atom. The van der Waals surface area contributed by atoms with Crippen LogP contribution >= 0.6 is 11.6 Å². The van der Waals surface area contributed by atoms with E-state index in [2.05, 4.69) is 17.1 Å². The van der Waals surface area contributed by atoms with Crippen molar-refractivity contribution < 1.29 is 14.3 Å². The topological polar surface area (TPSA) is 50.8 Å². The summed E-state index contributed by atoms with van der Waals surface area (Å²) in [4.78, 5) is 14.4. The van der Waals surface area contributed by atoms with Crippen LogP contribution in [0, 0.1) is 0 Å². The summed E-state index contributed by atoms with van der Waals surface area (Å²) in [7, 11) is 0. The van der Waals surface area contributed by atoms with Gasteiger partial charge in [0.15, 0.2) is 0 Å². The molecule has 3 rings (SSSR count). The maximum atomic E-state index is 12.1. The number of carbonyl (C=O) groups is 1. The quantitative estimate of drug-likeness (QED) is 0.916. The number of benzene rings is 1. The van der Waals surface area contributed by atoms with Crippen molar-refractivity contribution >= 4 is 23.2 Å². The number of nitrogens with zero attached hydrogens (tertiary/aromatic N) is 1. The molecule has 0 saturated carbocycles. The first-order valence-electron chi connectivity index (χ1n) is 8.11. The van der Waals surface area contributed by atoms with E-state index in [1.807, 2.05) is 18.2 Å². The number of nitrogens with one attached hydrogen (secondary N) is 1. The Labute approximate surface area is 141 Å². The Morgan fingerprint density at radius 2 is 2.26 bits per heavy atom. The Morgan fingerprint density at radius 3 is 3.00 bits per heavy atom. The molecule has 1 N–H and O–H groups in total. The van der Waals surface area contributed by atoms with Crippen molar-refractivity contribution in [3.8, 4) is 0 Å². The van der Waals surface area contributed by atoms with Gasteiger partial charge >= 0.3 is 0 Å². The molecule has 2 heterocycles. The fourth-order valence-electron chi connectivity index (χ4n) is 3.27. The first kappa shape index (κ1) is 16.7. The third kappa shape index (κ3) is 3.86. The van der Waals surface area contributed by atoms with Crippen LogP contribution in [-0.4, -0.2) is 55.4 Å². The Hall–Kier alpha value is -1.14. The molecule has 2 aliphatic heterocycles. The minimum atomic E-state index is -0.197. The maximum absolute atomic E-state index is 12.1. The predicted molar refractivity (Wildman–Crippen MR) is 89.9 cm³/mol. The Balaban J connectivity index is 1.50. The molecule has 0 aromatic heterocycles. The molecule has 1 aromatic rings. The van der Waals surface area contributed by atoms with Crippen LogP contribution in [0.3, 0.4) is 0 Å². The van der Waals surface area contributed by atoms with Crippen LogP contribution in [0.1, 0.15) is 19.8 Å². The standard InChI is InChI=1S/C17H23ClN2O3/c1-13-17(7-10-22-13)12-20(9-11-23-17)8-6-16(21)19-15-5-3-2-4-14(15)18/h2-5,13H,6-12H2,1H3,(H,19,21). The zero-order valence-corrected chi connectivity index (χ0v) is 14.1. The number of anilines is 1. The average Bonchev–Trinajstić information content (AvgIpc) is 2.88. The van der Waals surface area contributed by atoms with E-state index in [4.69, 9.17) is 21.1 Å². The third-order valence-electron chi connectivity index (χ3n) is 4.73. The number of para-hydroxylation sites is 1. The van der Waals surface area contributed by atoms with Crippen LogP contribution in [0.4, 0.5) is 5.69 Å². The molecule has 2 aliphatic rings. The van der Waals surface area contributed by atoms with Crippen LogP contribution < -0.4 is 5.32 Å². The highest BCUT2D eigenvalue weighted by atomic mass is 35.5. The molecule has 6 heteroatoms. The van der Waals surface area contributed by atoms with Gasteiger partial charge in [-0.25, -0.2) is 0 Å². The lowest BCUT2D eigenvalue weighted by Gasteiger charge is -2.42. The number of morpholine rings is 1. The van der Waals surface area contributed by atoms with E-state index in [0.29, 0.717) is 30.3 Å². The van der Waals surface area contributed by atoms with E-state index in [9.17, 15) is 4.79 Å². The van der Waals surface area contributed by atoms with E-state index in [1.54, 1.807) is 6.07 Å². The lowest BCUT2D eigenvalue weighted by molar-refractivity contribution is -0.137. The molecule has 1 spiro atoms. The molecule has 2 atom stereocenters. The van der Waals surface area contributed by atoms with E-state index < -0.39 is 0 Å². The minimum absolute atomic E-state index is 0.0191. The SMILES string of the molecule is CC1OCCC12CN(CCC(=O)Nc1ccccc1Cl)CCO2. The van der Waals surface area contributed by atoms with E-state index >= 15 is 0 Å². The van der Waals surface area contributed by atoms with E-state index in [0.717, 1.165) is 26.1 Å². The number of rotatable bonds is 4. The highest BCUT2D eigenvalue weighted by molar-refractivity contribution is 6.33. The first-order valence-corrected chi connectivity index (χ1v) is 8.49. The van der Waals surface area contributed by atoms with Gasteiger partial charge in [-0.2, -0.15) is 0 Å². The van der Waals surface area contributed by atoms with Crippen molar-refractivity contribution in [1.29, 1.82) is 0 Å². The van der Waals surface area contributed by atoms with Crippen molar-refractivity contribution in [1.82, 2.24) is 4.90 Å². The number of hydrogen-bond donors (Lipinski definition) is 1. The lowest BCUT2D eigenvalue weighted by Crippen LogP contribution is -2.55. The fourth-order valence-corrected chi connectivity index (χ4v) is 3.45. The van der Waals surface area contributed by atoms with Crippen LogP contribution in [0.5, 0.6) is 0 Å². The number of hydrogen-bond acceptors (Lipinski definition) is 4. The van der Waals surface area contributed by atoms with Gasteiger partial charge in [-0.3, -0.25) is 9.69 Å². The molecule has 2 fully saturated rings. The maximum Gasteiger partial charge on any atom is 0.225 e. The normalized spacial score (nSPS) is 28.2. The van der Waals surface area contributed by atoms with Crippen LogP contribution in [-0.2, 0) is 14.3 Å². The second-order valence-electron chi connectivity index (χ2n) is 6.23. The van der Waals surface area contributed by atoms with Crippen LogP contribution in [0.15, 0.2) is 24.3 Å². The van der Waals surface area contributed by atoms with E-state index in [1.165, 1.54) is 0 Å². The Bertz CT molecular complexity index is 569. The summed E-state index contributed by atoms with van der Waals surface area (Å²) in [5, 5.41) is 3.42. The van der Waals surface area contributed by atoms with Gasteiger partial charge in [0.05, 0.1) is 23.4 Å². The van der Waals surface area contributed by atoms with Gasteiger partial charge in [-0.15, -0.1) is 0 Å². The first-order chi connectivity index (χ1) is 11.1. The summed E-state index contributed by atoms with van der Waals surface area (Å²) in [5.74, 6) is -0.0191. The minimum Gasteiger partial charge on any atom is -0.375 e. The van der Waals surface area contributed by atoms with Gasteiger partial charge in [0.25, 0.3) is 0 Å². The second-order valence-corrected chi connectivity index (χ2v) is 6.64. The van der Waals surface area contributed by atoms with Crippen LogP contribution in [0.2, 0.25) is 5.02 Å². The highest BCUT2D eigenvalue weighted by Crippen LogP contribution is 2.33. The lowest BCUT2D eigenvalue weighted by atomic mass is 9.94. The smallest absolute Gasteiger partial charge is 0.225 e. The zero-order valence-electron chi connectivity index (χ0n) is 13.4. The molecule has 0 aliphatic carbocycles. The monoisotopic (exact) mass is 338 g/mol. The van der Waals surface area contributed by atoms with E-state index in [-0.39, 0.29) is 17.6 Å². The van der Waals surface area contributed by atoms with Gasteiger partial charge in [0, 0.05) is 39.1 Å². The summed E-state index contributed by atoms with van der Waals surface area (Å²) in [6, 6.07) is 7.27. The van der Waals surface area contributed by atoms with Gasteiger partial charge in [0.1, 0.15) is 5.60 Å². The van der Waals surface area contributed by atoms with Crippen molar-refractivity contribution in [3.63, 3.8) is 0 Å². The summed E-state index contributed by atoms with van der Waals surface area (Å²) >= 11 is 6.06. The molecule has 5 nitrogen and oxygen atoms in total. The number of halogens is 1. The molecular weight excluding hydrogens is 316 g/mol. The van der Waals surface area contributed by atoms with Crippen LogP contribution in [0.25, 0.3) is 0 Å². The summed E-state index contributed by atoms with van der Waals surface area (Å²) in [6.07, 6.45) is 1.48. The van der Waals surface area contributed by atoms with Crippen molar-refractivity contribution in [2.75, 3.05) is 38.2 Å². The molecule has 23 heavy (non-hydrogen) atoms. The Kier molecular flexibility index (Phi) is 5.21. The fraction of sp³-hybridized carbons (Fsp3) is 0.588. The molecule has 126 valence electrons. The molecule has 1 aromatic carbocycles. The largest absolute Gasteiger partial charge is 0.375 e. The second kappa shape index (κ2) is 7.18. The average molecular weight is 339 g/mol. The molecule has 0 radical (unpaired) electrons. The number of carbonyl (C=O) groups excluding carboxylic acids is 1. The molecular formula is C17H23ClN2O3. The highest BCUT2D eigenvalue weighted by Gasteiger charge is 2.45. The van der Waals surface area contributed by atoms with Crippen molar-refractivity contribution in [3.05, 3.63) is 29.3 Å². The number of amides is 1. The van der Waals surface area contributed by atoms with Crippen molar-refractivity contribution in [2.24, 2.45) is 0 Å². The molecule has 2 unspecified atom stereocenters. The van der Waals surface area contributed by atoms with Gasteiger partial charge in [0.2, 0.25) is 5.91 Å². The van der Waals surface area contributed by atoms with Gasteiger partial charge in [-0.1, -0.05) is 23.7 Å². The summed E-state index contributed by atoms with van der Waals surface area (Å²) < 4.78 is 11.7. The third-order valence-corrected chi connectivity index (χ3v) is 5.05. The summed E-state index contributed by atoms with van der Waals surface area (Å²) in [6.45, 7) is 5.91. The van der Waals surface area contributed by atoms with Gasteiger partial charge < -0.3 is 14.8 Å². The molecule has 2 saturated heterocycles. The van der Waals surface area contributed by atoms with Crippen molar-refractivity contribution in [2.45, 2.75) is 31.5 Å². The predicted octanol–water partition coefficient (Wildman–Crippen LogP) is 2.55. The zero-order chi connectivity index (χ0) is 16.3. The summed E-state index contributed by atoms with van der Waals surface area (Å²) in [5.41, 5.74) is 0.465. The van der Waals surface area contributed by atoms with Gasteiger partial charge in [-0.05, 0) is 19.1 Å².